The first-order chi connectivity index (χ1) is 18.3. The molecule has 3 aromatic heterocycles. The smallest absolute Gasteiger partial charge is 0.341 e. The molecule has 0 saturated heterocycles. The molecule has 0 aliphatic carbocycles. The van der Waals surface area contributed by atoms with Crippen molar-refractivity contribution in [3.8, 4) is 0 Å². The molecule has 0 bridgehead atoms. The Hall–Kier alpha value is -4.71. The lowest BCUT2D eigenvalue weighted by Crippen LogP contribution is -2.33. The molecule has 196 valence electrons. The normalized spacial score (nSPS) is 11.7. The van der Waals surface area contributed by atoms with Crippen LogP contribution in [0.15, 0.2) is 58.4 Å². The van der Waals surface area contributed by atoms with Gasteiger partial charge in [0, 0.05) is 32.5 Å². The van der Waals surface area contributed by atoms with Crippen molar-refractivity contribution in [3.63, 3.8) is 0 Å². The summed E-state index contributed by atoms with van der Waals surface area (Å²) in [5.74, 6) is -1.74. The van der Waals surface area contributed by atoms with Crippen LogP contribution in [-0.2, 0) is 16.0 Å². The minimum atomic E-state index is -0.934. The van der Waals surface area contributed by atoms with Crippen molar-refractivity contribution >= 4 is 34.2 Å². The monoisotopic (exact) mass is 519 g/mol. The molecule has 0 unspecified atom stereocenters. The van der Waals surface area contributed by atoms with Gasteiger partial charge in [-0.15, -0.1) is 0 Å². The molecule has 0 spiro atoms. The summed E-state index contributed by atoms with van der Waals surface area (Å²) >= 11 is 0. The predicted octanol–water partition coefficient (Wildman–Crippen LogP) is 2.82. The summed E-state index contributed by atoms with van der Waals surface area (Å²) in [4.78, 5) is 59.5. The summed E-state index contributed by atoms with van der Waals surface area (Å²) in [6.07, 6.45) is 2.01. The highest BCUT2D eigenvalue weighted by molar-refractivity contribution is 6.00. The number of nitro groups is 1. The highest BCUT2D eigenvalue weighted by atomic mass is 16.6. The molecule has 12 heteroatoms. The van der Waals surface area contributed by atoms with Gasteiger partial charge in [0.1, 0.15) is 22.4 Å². The molecule has 12 nitrogen and oxygen atoms in total. The number of nitrogens with zero attached hydrogens (tertiary/aromatic N) is 5. The Kier molecular flexibility index (Phi) is 7.72. The summed E-state index contributed by atoms with van der Waals surface area (Å²) < 4.78 is 13.2. The van der Waals surface area contributed by atoms with Crippen molar-refractivity contribution in [3.05, 3.63) is 91.3 Å². The van der Waals surface area contributed by atoms with Crippen LogP contribution < -0.4 is 11.0 Å². The van der Waals surface area contributed by atoms with E-state index in [4.69, 9.17) is 14.5 Å². The fraction of sp³-hybridized carbons (Fsp3) is 0.269. The SMILES string of the molecule is CCOC(=O)c1cc2c(=O)n3cccc(C)c3nc2n(CCCOC)c1=NC(=O)c1ccccc1[N+](=O)[O-]. The third-order valence-electron chi connectivity index (χ3n) is 5.87. The van der Waals surface area contributed by atoms with Crippen molar-refractivity contribution in [1.29, 1.82) is 0 Å². The van der Waals surface area contributed by atoms with Gasteiger partial charge >= 0.3 is 5.97 Å². The van der Waals surface area contributed by atoms with Crippen LogP contribution in [0.1, 0.15) is 39.6 Å². The number of amides is 1. The van der Waals surface area contributed by atoms with Gasteiger partial charge in [0.25, 0.3) is 17.2 Å². The number of carbonyl (C=O) groups is 2. The number of hydrogen-bond donors (Lipinski definition) is 0. The molecule has 0 atom stereocenters. The Bertz CT molecular complexity index is 1700. The molecule has 38 heavy (non-hydrogen) atoms. The molecule has 1 aromatic carbocycles. The van der Waals surface area contributed by atoms with Crippen molar-refractivity contribution in [2.24, 2.45) is 4.99 Å². The molecule has 1 amide bonds. The van der Waals surface area contributed by atoms with Gasteiger partial charge in [0.05, 0.1) is 16.9 Å². The number of rotatable bonds is 8. The fourth-order valence-electron chi connectivity index (χ4n) is 4.12. The largest absolute Gasteiger partial charge is 0.462 e. The number of para-hydroxylation sites is 1. The molecule has 4 aromatic rings. The maximum Gasteiger partial charge on any atom is 0.341 e. The number of hydrogen-bond acceptors (Lipinski definition) is 8. The van der Waals surface area contributed by atoms with Crippen LogP contribution in [0.3, 0.4) is 0 Å². The van der Waals surface area contributed by atoms with E-state index in [-0.39, 0.29) is 40.8 Å². The standard InChI is InChI=1S/C26H25N5O7/c1-4-38-26(34)19-15-18-22(27-21-16(2)9-7-12-30(21)25(18)33)29(13-8-14-37-3)23(19)28-24(32)17-10-5-6-11-20(17)31(35)36/h5-7,9-12,15H,4,8,13-14H2,1-3H3. The van der Waals surface area contributed by atoms with E-state index in [1.54, 1.807) is 32.2 Å². The summed E-state index contributed by atoms with van der Waals surface area (Å²) in [6.45, 7) is 3.97. The maximum atomic E-state index is 13.5. The Labute approximate surface area is 215 Å². The van der Waals surface area contributed by atoms with E-state index in [0.717, 1.165) is 5.56 Å². The second kappa shape index (κ2) is 11.1. The number of methoxy groups -OCH3 is 1. The minimum Gasteiger partial charge on any atom is -0.462 e. The highest BCUT2D eigenvalue weighted by Gasteiger charge is 2.23. The van der Waals surface area contributed by atoms with Crippen LogP contribution in [0.2, 0.25) is 0 Å². The van der Waals surface area contributed by atoms with E-state index < -0.39 is 28.0 Å². The van der Waals surface area contributed by atoms with Gasteiger partial charge in [-0.1, -0.05) is 18.2 Å². The van der Waals surface area contributed by atoms with Gasteiger partial charge < -0.3 is 14.0 Å². The highest BCUT2D eigenvalue weighted by Crippen LogP contribution is 2.19. The molecule has 0 saturated carbocycles. The fourth-order valence-corrected chi connectivity index (χ4v) is 4.12. The van der Waals surface area contributed by atoms with E-state index in [9.17, 15) is 24.5 Å². The lowest BCUT2D eigenvalue weighted by atomic mass is 10.1. The number of esters is 1. The van der Waals surface area contributed by atoms with E-state index in [1.165, 1.54) is 46.4 Å². The Morgan fingerprint density at radius 3 is 2.61 bits per heavy atom. The zero-order valence-electron chi connectivity index (χ0n) is 21.0. The van der Waals surface area contributed by atoms with Crippen LogP contribution in [0, 0.1) is 17.0 Å². The first-order valence-electron chi connectivity index (χ1n) is 11.8. The topological polar surface area (TPSA) is 147 Å². The molecular weight excluding hydrogens is 494 g/mol. The molecule has 0 N–H and O–H groups in total. The summed E-state index contributed by atoms with van der Waals surface area (Å²) in [5, 5.41) is 11.6. The van der Waals surface area contributed by atoms with Gasteiger partial charge in [-0.3, -0.25) is 24.1 Å². The molecule has 3 heterocycles. The van der Waals surface area contributed by atoms with Gasteiger partial charge in [-0.05, 0) is 44.0 Å². The maximum absolute atomic E-state index is 13.5. The number of aromatic nitrogens is 3. The second-order valence-corrected chi connectivity index (χ2v) is 8.33. The molecule has 0 fully saturated rings. The Morgan fingerprint density at radius 1 is 1.13 bits per heavy atom. The van der Waals surface area contributed by atoms with Gasteiger partial charge in [0.2, 0.25) is 0 Å². The van der Waals surface area contributed by atoms with Crippen LogP contribution >= 0.6 is 0 Å². The molecule has 0 aliphatic rings. The van der Waals surface area contributed by atoms with Crippen molar-refractivity contribution in [2.75, 3.05) is 20.3 Å². The summed E-state index contributed by atoms with van der Waals surface area (Å²) in [6, 6.07) is 10.2. The zero-order valence-corrected chi connectivity index (χ0v) is 21.0. The number of aryl methyl sites for hydroxylation is 2. The quantitative estimate of drug-likeness (QED) is 0.113. The third-order valence-corrected chi connectivity index (χ3v) is 5.87. The van der Waals surface area contributed by atoms with Gasteiger partial charge in [0.15, 0.2) is 5.49 Å². The lowest BCUT2D eigenvalue weighted by Gasteiger charge is -2.15. The second-order valence-electron chi connectivity index (χ2n) is 8.33. The third kappa shape index (κ3) is 4.93. The van der Waals surface area contributed by atoms with Crippen LogP contribution in [0.5, 0.6) is 0 Å². The van der Waals surface area contributed by atoms with E-state index in [0.29, 0.717) is 18.7 Å². The Balaban J connectivity index is 2.13. The minimum absolute atomic E-state index is 0.0340. The number of ether oxygens (including phenoxy) is 2. The average Bonchev–Trinajstić information content (AvgIpc) is 2.90. The van der Waals surface area contributed by atoms with Crippen LogP contribution in [0.4, 0.5) is 5.69 Å². The number of pyridine rings is 2. The number of fused-ring (bicyclic) bond motifs is 2. The number of benzene rings is 1. The summed E-state index contributed by atoms with van der Waals surface area (Å²) in [7, 11) is 1.53. The van der Waals surface area contributed by atoms with Gasteiger partial charge in [-0.25, -0.2) is 9.78 Å². The van der Waals surface area contributed by atoms with E-state index in [1.807, 2.05) is 0 Å². The predicted molar refractivity (Wildman–Crippen MR) is 137 cm³/mol. The molecular formula is C26H25N5O7. The number of carbonyl (C=O) groups excluding carboxylic acids is 2. The van der Waals surface area contributed by atoms with Gasteiger partial charge in [-0.2, -0.15) is 4.99 Å². The number of nitro benzene ring substituents is 1. The van der Waals surface area contributed by atoms with Crippen molar-refractivity contribution in [1.82, 2.24) is 14.0 Å². The molecule has 4 rings (SSSR count). The molecule has 0 radical (unpaired) electrons. The van der Waals surface area contributed by atoms with E-state index >= 15 is 0 Å². The van der Waals surface area contributed by atoms with Crippen LogP contribution in [0.25, 0.3) is 16.7 Å². The molecule has 0 aliphatic heterocycles. The zero-order chi connectivity index (χ0) is 27.4. The first-order valence-corrected chi connectivity index (χ1v) is 11.8. The average molecular weight is 520 g/mol. The van der Waals surface area contributed by atoms with Crippen molar-refractivity contribution in [2.45, 2.75) is 26.8 Å². The summed E-state index contributed by atoms with van der Waals surface area (Å²) in [5.41, 5.74) is -0.0415. The lowest BCUT2D eigenvalue weighted by molar-refractivity contribution is -0.385. The Morgan fingerprint density at radius 2 is 1.89 bits per heavy atom. The first kappa shape index (κ1) is 26.4. The van der Waals surface area contributed by atoms with Crippen molar-refractivity contribution < 1.29 is 24.0 Å². The van der Waals surface area contributed by atoms with E-state index in [2.05, 4.69) is 4.99 Å². The van der Waals surface area contributed by atoms with Crippen LogP contribution in [-0.4, -0.2) is 51.1 Å².